The van der Waals surface area contributed by atoms with Crippen molar-refractivity contribution in [3.05, 3.63) is 90.0 Å². The summed E-state index contributed by atoms with van der Waals surface area (Å²) in [5.41, 5.74) is 8.98. The molecule has 4 rings (SSSR count). The number of anilines is 1. The van der Waals surface area contributed by atoms with Gasteiger partial charge in [0.1, 0.15) is 5.75 Å². The Hall–Kier alpha value is -4.39. The third-order valence-electron chi connectivity index (χ3n) is 5.05. The molecule has 0 fully saturated rings. The maximum absolute atomic E-state index is 13.1. The van der Waals surface area contributed by atoms with Gasteiger partial charge in [-0.25, -0.2) is 15.2 Å². The van der Waals surface area contributed by atoms with Crippen molar-refractivity contribution in [2.45, 2.75) is 26.9 Å². The zero-order valence-corrected chi connectivity index (χ0v) is 19.3. The Kier molecular flexibility index (Phi) is 6.73. The molecule has 0 saturated heterocycles. The van der Waals surface area contributed by atoms with Crippen LogP contribution in [-0.2, 0) is 0 Å². The van der Waals surface area contributed by atoms with Crippen molar-refractivity contribution < 1.29 is 14.3 Å². The van der Waals surface area contributed by atoms with Crippen LogP contribution < -0.4 is 20.9 Å². The number of hydrogen-bond donors (Lipinski definition) is 3. The number of rotatable bonds is 5. The van der Waals surface area contributed by atoms with Gasteiger partial charge in [-0.3, -0.25) is 10.2 Å². The molecule has 7 nitrogen and oxygen atoms in total. The lowest BCUT2D eigenvalue weighted by Crippen LogP contribution is -2.44. The molecule has 0 radical (unpaired) electrons. The van der Waals surface area contributed by atoms with Gasteiger partial charge in [0.15, 0.2) is 0 Å². The first-order valence-corrected chi connectivity index (χ1v) is 11.0. The highest BCUT2D eigenvalue weighted by atomic mass is 16.5. The monoisotopic (exact) mass is 454 g/mol. The number of para-hydroxylation sites is 2. The molecule has 7 heteroatoms. The van der Waals surface area contributed by atoms with Crippen molar-refractivity contribution in [1.29, 1.82) is 0 Å². The number of carbonyl (C=O) groups is 2. The van der Waals surface area contributed by atoms with E-state index in [9.17, 15) is 9.59 Å². The maximum Gasteiger partial charge on any atom is 0.337 e. The number of hydrazine groups is 1. The molecule has 172 valence electrons. The molecular weight excluding hydrogens is 428 g/mol. The largest absolute Gasteiger partial charge is 0.490 e. The Balaban J connectivity index is 1.61. The number of aromatic nitrogens is 1. The summed E-state index contributed by atoms with van der Waals surface area (Å²) < 4.78 is 5.95. The molecular formula is C27H26N4O3. The molecule has 0 spiro atoms. The Morgan fingerprint density at radius 1 is 0.882 bits per heavy atom. The second-order valence-electron chi connectivity index (χ2n) is 8.14. The number of hydrogen-bond acceptors (Lipinski definition) is 4. The summed E-state index contributed by atoms with van der Waals surface area (Å²) >= 11 is 0. The fourth-order valence-corrected chi connectivity index (χ4v) is 3.60. The number of fused-ring (bicyclic) bond motifs is 1. The van der Waals surface area contributed by atoms with Crippen LogP contribution in [0.25, 0.3) is 22.2 Å². The van der Waals surface area contributed by atoms with Gasteiger partial charge in [-0.1, -0.05) is 42.5 Å². The van der Waals surface area contributed by atoms with Crippen molar-refractivity contribution in [3.8, 4) is 17.0 Å². The maximum atomic E-state index is 13.1. The number of nitrogens with one attached hydrogen (secondary N) is 3. The minimum Gasteiger partial charge on any atom is -0.490 e. The van der Waals surface area contributed by atoms with Gasteiger partial charge in [-0.05, 0) is 62.7 Å². The Bertz CT molecular complexity index is 1350. The van der Waals surface area contributed by atoms with E-state index in [-0.39, 0.29) is 6.10 Å². The fraction of sp³-hybridized carbons (Fsp3) is 0.148. The second kappa shape index (κ2) is 10.0. The summed E-state index contributed by atoms with van der Waals surface area (Å²) in [4.78, 5) is 30.2. The molecule has 0 bridgehead atoms. The van der Waals surface area contributed by atoms with Gasteiger partial charge in [-0.2, -0.15) is 0 Å². The number of nitrogens with zero attached hydrogens (tertiary/aromatic N) is 1. The summed E-state index contributed by atoms with van der Waals surface area (Å²) in [7, 11) is 0. The number of ether oxygens (including phenoxy) is 1. The van der Waals surface area contributed by atoms with Crippen molar-refractivity contribution in [2.75, 3.05) is 5.32 Å². The van der Waals surface area contributed by atoms with Crippen LogP contribution in [0.5, 0.6) is 5.75 Å². The number of carbonyl (C=O) groups excluding carboxylic acids is 2. The van der Waals surface area contributed by atoms with Crippen LogP contribution in [0.3, 0.4) is 0 Å². The number of urea groups is 1. The highest BCUT2D eigenvalue weighted by Crippen LogP contribution is 2.32. The van der Waals surface area contributed by atoms with Gasteiger partial charge in [0, 0.05) is 16.6 Å². The van der Waals surface area contributed by atoms with E-state index in [4.69, 9.17) is 9.72 Å². The molecule has 0 unspecified atom stereocenters. The molecule has 0 aliphatic rings. The standard InChI is InChI=1S/C27H26N4O3/c1-17(2)34-25-14-7-5-12-21(25)24-16-22(20-11-4-6-13-23(20)29-24)26(32)30-31-27(33)28-19-10-8-9-18(3)15-19/h4-17H,1-3H3,(H,30,32)(H2,28,31,33). The highest BCUT2D eigenvalue weighted by molar-refractivity contribution is 6.08. The van der Waals surface area contributed by atoms with Crippen LogP contribution in [0.4, 0.5) is 10.5 Å². The van der Waals surface area contributed by atoms with E-state index >= 15 is 0 Å². The SMILES string of the molecule is Cc1cccc(NC(=O)NNC(=O)c2cc(-c3ccccc3OC(C)C)nc3ccccc23)c1. The zero-order valence-electron chi connectivity index (χ0n) is 19.3. The number of aryl methyl sites for hydroxylation is 1. The summed E-state index contributed by atoms with van der Waals surface area (Å²) in [6.45, 7) is 5.84. The quantitative estimate of drug-likeness (QED) is 0.349. The molecule has 34 heavy (non-hydrogen) atoms. The molecule has 4 aromatic rings. The van der Waals surface area contributed by atoms with E-state index in [0.29, 0.717) is 33.6 Å². The normalized spacial score (nSPS) is 10.7. The van der Waals surface area contributed by atoms with E-state index in [1.807, 2.05) is 87.5 Å². The minimum atomic E-state index is -0.548. The van der Waals surface area contributed by atoms with Crippen LogP contribution >= 0.6 is 0 Å². The lowest BCUT2D eigenvalue weighted by atomic mass is 10.0. The van der Waals surface area contributed by atoms with E-state index < -0.39 is 11.9 Å². The Morgan fingerprint density at radius 2 is 1.65 bits per heavy atom. The molecule has 0 atom stereocenters. The summed E-state index contributed by atoms with van der Waals surface area (Å²) in [6.07, 6.45) is -0.0134. The van der Waals surface area contributed by atoms with E-state index in [1.165, 1.54) is 0 Å². The third-order valence-corrected chi connectivity index (χ3v) is 5.05. The van der Waals surface area contributed by atoms with E-state index in [0.717, 1.165) is 11.1 Å². The molecule has 0 aliphatic heterocycles. The first-order chi connectivity index (χ1) is 16.4. The lowest BCUT2D eigenvalue weighted by Gasteiger charge is -2.15. The van der Waals surface area contributed by atoms with Crippen molar-refractivity contribution in [3.63, 3.8) is 0 Å². The third kappa shape index (κ3) is 5.32. The van der Waals surface area contributed by atoms with Crippen molar-refractivity contribution in [1.82, 2.24) is 15.8 Å². The molecule has 3 amide bonds. The van der Waals surface area contributed by atoms with Crippen LogP contribution in [0.15, 0.2) is 78.9 Å². The first kappa shape index (κ1) is 22.8. The summed E-state index contributed by atoms with van der Waals surface area (Å²) in [6, 6.07) is 23.5. The van der Waals surface area contributed by atoms with E-state index in [1.54, 1.807) is 12.1 Å². The first-order valence-electron chi connectivity index (χ1n) is 11.0. The van der Waals surface area contributed by atoms with Gasteiger partial charge in [-0.15, -0.1) is 0 Å². The van der Waals surface area contributed by atoms with Crippen LogP contribution in [-0.4, -0.2) is 23.0 Å². The second-order valence-corrected chi connectivity index (χ2v) is 8.14. The molecule has 0 aliphatic carbocycles. The molecule has 3 aromatic carbocycles. The van der Waals surface area contributed by atoms with Crippen molar-refractivity contribution in [2.24, 2.45) is 0 Å². The summed E-state index contributed by atoms with van der Waals surface area (Å²) in [5.74, 6) is 0.226. The Morgan fingerprint density at radius 3 is 2.44 bits per heavy atom. The average Bonchev–Trinajstić information content (AvgIpc) is 2.82. The number of benzene rings is 3. The minimum absolute atomic E-state index is 0.0134. The number of amides is 3. The van der Waals surface area contributed by atoms with Crippen LogP contribution in [0.2, 0.25) is 0 Å². The molecule has 3 N–H and O–H groups in total. The number of pyridine rings is 1. The van der Waals surface area contributed by atoms with Crippen molar-refractivity contribution >= 4 is 28.5 Å². The molecule has 1 heterocycles. The molecule has 0 saturated carbocycles. The van der Waals surface area contributed by atoms with Gasteiger partial charge < -0.3 is 10.1 Å². The van der Waals surface area contributed by atoms with Gasteiger partial charge in [0.05, 0.1) is 22.9 Å². The van der Waals surface area contributed by atoms with Gasteiger partial charge >= 0.3 is 6.03 Å². The fourth-order valence-electron chi connectivity index (χ4n) is 3.60. The van der Waals surface area contributed by atoms with E-state index in [2.05, 4.69) is 16.2 Å². The predicted molar refractivity (Wildman–Crippen MR) is 134 cm³/mol. The zero-order chi connectivity index (χ0) is 24.1. The molecule has 1 aromatic heterocycles. The van der Waals surface area contributed by atoms with Gasteiger partial charge in [0.2, 0.25) is 0 Å². The summed E-state index contributed by atoms with van der Waals surface area (Å²) in [5, 5.41) is 3.37. The Labute approximate surface area is 198 Å². The van der Waals surface area contributed by atoms with Gasteiger partial charge in [0.25, 0.3) is 5.91 Å². The average molecular weight is 455 g/mol. The lowest BCUT2D eigenvalue weighted by molar-refractivity contribution is 0.0939. The highest BCUT2D eigenvalue weighted by Gasteiger charge is 2.17. The van der Waals surface area contributed by atoms with Crippen LogP contribution in [0.1, 0.15) is 29.8 Å². The predicted octanol–water partition coefficient (Wildman–Crippen LogP) is 5.46. The van der Waals surface area contributed by atoms with Crippen LogP contribution in [0, 0.1) is 6.92 Å². The smallest absolute Gasteiger partial charge is 0.337 e. The topological polar surface area (TPSA) is 92.4 Å².